The number of hydrogen-bond acceptors (Lipinski definition) is 7. The number of carbonyl (C=O) groups is 1. The maximum absolute atomic E-state index is 15.8. The predicted molar refractivity (Wildman–Crippen MR) is 141 cm³/mol. The lowest BCUT2D eigenvalue weighted by Gasteiger charge is -2.55. The van der Waals surface area contributed by atoms with Crippen molar-refractivity contribution >= 4 is 6.41 Å². The van der Waals surface area contributed by atoms with Gasteiger partial charge in [-0.25, -0.2) is 4.39 Å². The first-order valence-electron chi connectivity index (χ1n) is 13.6. The molecule has 0 unspecified atom stereocenters. The highest BCUT2D eigenvalue weighted by atomic mass is 19.4. The second-order valence-corrected chi connectivity index (χ2v) is 10.8. The highest BCUT2D eigenvalue weighted by Crippen LogP contribution is 2.53. The molecule has 4 N–H and O–H groups in total. The minimum atomic E-state index is -4.96. The number of morpholine rings is 1. The number of nitrogens with two attached hydrogens (primary N) is 1. The highest BCUT2D eigenvalue weighted by Gasteiger charge is 2.61. The number of nitrogens with zero attached hydrogens (tertiary/aromatic N) is 1. The Kier molecular flexibility index (Phi) is 9.59. The molecule has 2 aromatic rings. The molecule has 1 aliphatic heterocycles. The normalized spacial score (nSPS) is 26.5. The SMILES string of the molecule is COCCCC[C@@](O)(c1cccc(F)c1-c1cccc(OC(F)(F)F)c1)[C@@]1([C@H]2C[C@@H](N)[C@@H](O)C2)CN(C=O)CCO1. The lowest BCUT2D eigenvalue weighted by atomic mass is 9.65. The second kappa shape index (κ2) is 12.6. The van der Waals surface area contributed by atoms with Crippen LogP contribution in [0.4, 0.5) is 17.6 Å². The molecule has 8 nitrogen and oxygen atoms in total. The summed E-state index contributed by atoms with van der Waals surface area (Å²) in [5.41, 5.74) is 2.72. The molecule has 2 fully saturated rings. The first-order chi connectivity index (χ1) is 19.4. The number of ether oxygens (including phenoxy) is 3. The molecule has 1 amide bonds. The van der Waals surface area contributed by atoms with Crippen molar-refractivity contribution in [2.45, 2.75) is 61.8 Å². The lowest BCUT2D eigenvalue weighted by molar-refractivity contribution is -0.274. The van der Waals surface area contributed by atoms with Crippen molar-refractivity contribution in [1.82, 2.24) is 4.90 Å². The van der Waals surface area contributed by atoms with E-state index in [0.717, 1.165) is 18.2 Å². The summed E-state index contributed by atoms with van der Waals surface area (Å²) >= 11 is 0. The average molecular weight is 585 g/mol. The number of hydrogen-bond donors (Lipinski definition) is 3. The van der Waals surface area contributed by atoms with Crippen molar-refractivity contribution < 1.29 is 46.8 Å². The minimum absolute atomic E-state index is 0.0418. The van der Waals surface area contributed by atoms with Crippen molar-refractivity contribution in [3.05, 3.63) is 53.8 Å². The van der Waals surface area contributed by atoms with Crippen LogP contribution in [0.1, 0.15) is 37.7 Å². The molecule has 1 saturated carbocycles. The number of rotatable bonds is 11. The molecule has 1 saturated heterocycles. The molecular formula is C29H36F4N2O6. The molecule has 226 valence electrons. The molecule has 2 aliphatic rings. The van der Waals surface area contributed by atoms with E-state index in [1.54, 1.807) is 7.11 Å². The van der Waals surface area contributed by atoms with Crippen molar-refractivity contribution in [3.8, 4) is 16.9 Å². The van der Waals surface area contributed by atoms with Crippen molar-refractivity contribution in [2.75, 3.05) is 33.4 Å². The van der Waals surface area contributed by atoms with Crippen LogP contribution in [-0.4, -0.2) is 79.0 Å². The van der Waals surface area contributed by atoms with E-state index in [1.165, 1.54) is 29.2 Å². The van der Waals surface area contributed by atoms with Gasteiger partial charge in [0.1, 0.15) is 22.8 Å². The summed E-state index contributed by atoms with van der Waals surface area (Å²) in [4.78, 5) is 13.4. The lowest BCUT2D eigenvalue weighted by Crippen LogP contribution is -2.66. The number of methoxy groups -OCH3 is 1. The zero-order valence-corrected chi connectivity index (χ0v) is 22.8. The van der Waals surface area contributed by atoms with Crippen molar-refractivity contribution in [1.29, 1.82) is 0 Å². The Bertz CT molecular complexity index is 1190. The summed E-state index contributed by atoms with van der Waals surface area (Å²) in [5, 5.41) is 23.5. The fraction of sp³-hybridized carbons (Fsp3) is 0.552. The van der Waals surface area contributed by atoms with E-state index in [4.69, 9.17) is 15.2 Å². The molecule has 12 heteroatoms. The van der Waals surface area contributed by atoms with Crippen LogP contribution in [0.15, 0.2) is 42.5 Å². The Morgan fingerprint density at radius 3 is 2.61 bits per heavy atom. The van der Waals surface area contributed by atoms with Crippen LogP contribution in [0.3, 0.4) is 0 Å². The molecule has 1 heterocycles. The highest BCUT2D eigenvalue weighted by molar-refractivity contribution is 5.71. The van der Waals surface area contributed by atoms with Gasteiger partial charge in [0.25, 0.3) is 0 Å². The van der Waals surface area contributed by atoms with E-state index >= 15 is 4.39 Å². The maximum Gasteiger partial charge on any atom is 0.573 e. The van der Waals surface area contributed by atoms with E-state index in [2.05, 4.69) is 4.74 Å². The van der Waals surface area contributed by atoms with Gasteiger partial charge in [0.05, 0.1) is 19.3 Å². The Labute approximate surface area is 236 Å². The fourth-order valence-corrected chi connectivity index (χ4v) is 6.34. The van der Waals surface area contributed by atoms with Gasteiger partial charge in [0.2, 0.25) is 6.41 Å². The summed E-state index contributed by atoms with van der Waals surface area (Å²) in [7, 11) is 1.54. The Balaban J connectivity index is 1.92. The third kappa shape index (κ3) is 6.51. The molecule has 2 aromatic carbocycles. The molecule has 1 aliphatic carbocycles. The Hall–Kier alpha value is -2.77. The number of aliphatic hydroxyl groups excluding tert-OH is 1. The monoisotopic (exact) mass is 584 g/mol. The number of halogens is 4. The number of amides is 1. The number of alkyl halides is 3. The summed E-state index contributed by atoms with van der Waals surface area (Å²) in [5.74, 6) is -1.85. The third-order valence-electron chi connectivity index (χ3n) is 8.21. The van der Waals surface area contributed by atoms with E-state index in [0.29, 0.717) is 25.9 Å². The zero-order valence-electron chi connectivity index (χ0n) is 22.8. The van der Waals surface area contributed by atoms with Crippen LogP contribution in [0.5, 0.6) is 5.75 Å². The van der Waals surface area contributed by atoms with Gasteiger partial charge in [-0.1, -0.05) is 24.3 Å². The maximum atomic E-state index is 15.8. The summed E-state index contributed by atoms with van der Waals surface area (Å²) < 4.78 is 70.4. The van der Waals surface area contributed by atoms with E-state index in [9.17, 15) is 28.2 Å². The van der Waals surface area contributed by atoms with E-state index in [1.807, 2.05) is 0 Å². The van der Waals surface area contributed by atoms with Gasteiger partial charge >= 0.3 is 6.36 Å². The van der Waals surface area contributed by atoms with Crippen LogP contribution in [0, 0.1) is 11.7 Å². The predicted octanol–water partition coefficient (Wildman–Crippen LogP) is 3.72. The summed E-state index contributed by atoms with van der Waals surface area (Å²) in [6.07, 6.45) is -3.75. The first-order valence-corrected chi connectivity index (χ1v) is 13.6. The average Bonchev–Trinajstić information content (AvgIpc) is 3.28. The van der Waals surface area contributed by atoms with Gasteiger partial charge in [0, 0.05) is 31.9 Å². The molecule has 4 rings (SSSR count). The molecule has 5 atom stereocenters. The van der Waals surface area contributed by atoms with E-state index < -0.39 is 47.2 Å². The number of unbranched alkanes of at least 4 members (excludes halogenated alkanes) is 1. The first kappa shape index (κ1) is 31.2. The number of aliphatic hydroxyl groups is 2. The van der Waals surface area contributed by atoms with Crippen LogP contribution in [-0.2, 0) is 19.9 Å². The molecule has 0 aromatic heterocycles. The van der Waals surface area contributed by atoms with Crippen molar-refractivity contribution in [2.24, 2.45) is 11.7 Å². The number of benzene rings is 2. The van der Waals surface area contributed by atoms with Crippen molar-refractivity contribution in [3.63, 3.8) is 0 Å². The van der Waals surface area contributed by atoms with Gasteiger partial charge in [-0.3, -0.25) is 4.79 Å². The molecular weight excluding hydrogens is 548 g/mol. The van der Waals surface area contributed by atoms with E-state index in [-0.39, 0.29) is 55.6 Å². The third-order valence-corrected chi connectivity index (χ3v) is 8.21. The van der Waals surface area contributed by atoms with Gasteiger partial charge in [-0.15, -0.1) is 13.2 Å². The van der Waals surface area contributed by atoms with Gasteiger partial charge in [-0.2, -0.15) is 0 Å². The summed E-state index contributed by atoms with van der Waals surface area (Å²) in [6, 6.07) is 8.37. The molecule has 41 heavy (non-hydrogen) atoms. The molecule has 0 bridgehead atoms. The summed E-state index contributed by atoms with van der Waals surface area (Å²) in [6.45, 7) is 0.665. The van der Waals surface area contributed by atoms with Crippen LogP contribution in [0.25, 0.3) is 11.1 Å². The Morgan fingerprint density at radius 2 is 1.95 bits per heavy atom. The standard InChI is InChI=1S/C29H36F4N2O6/c1-39-12-3-2-10-27(38,28(17-35(18-36)11-13-40-28)20-15-24(34)25(37)16-20)22-8-5-9-23(30)26(22)19-6-4-7-21(14-19)41-29(31,32)33/h4-9,14,18,20,24-25,37-38H,2-3,10-13,15-17,34H2,1H3/t20-,24+,25-,27+,28-/m0/s1. The second-order valence-electron chi connectivity index (χ2n) is 10.8. The van der Waals surface area contributed by atoms with Gasteiger partial charge in [0.15, 0.2) is 0 Å². The topological polar surface area (TPSA) is 114 Å². The zero-order chi connectivity index (χ0) is 29.8. The van der Waals surface area contributed by atoms with Crippen LogP contribution >= 0.6 is 0 Å². The quantitative estimate of drug-likeness (QED) is 0.210. The fourth-order valence-electron chi connectivity index (χ4n) is 6.34. The largest absolute Gasteiger partial charge is 0.573 e. The smallest absolute Gasteiger partial charge is 0.406 e. The van der Waals surface area contributed by atoms with Gasteiger partial charge in [-0.05, 0) is 67.3 Å². The number of carbonyl (C=O) groups excluding carboxylic acids is 1. The van der Waals surface area contributed by atoms with Crippen LogP contribution in [0.2, 0.25) is 0 Å². The van der Waals surface area contributed by atoms with Gasteiger partial charge < -0.3 is 35.1 Å². The molecule has 0 radical (unpaired) electrons. The minimum Gasteiger partial charge on any atom is -0.406 e. The van der Waals surface area contributed by atoms with Crippen LogP contribution < -0.4 is 10.5 Å². The Morgan fingerprint density at radius 1 is 1.20 bits per heavy atom. The molecule has 0 spiro atoms.